The average molecular weight is 429 g/mol. The van der Waals surface area contributed by atoms with Crippen molar-refractivity contribution in [2.24, 2.45) is 0 Å². The predicted octanol–water partition coefficient (Wildman–Crippen LogP) is 5.77. The van der Waals surface area contributed by atoms with Crippen molar-refractivity contribution in [3.8, 4) is 17.2 Å². The summed E-state index contributed by atoms with van der Waals surface area (Å²) in [6.07, 6.45) is 2.58. The lowest BCUT2D eigenvalue weighted by Crippen LogP contribution is -2.16. The fourth-order valence-corrected chi connectivity index (χ4v) is 3.32. The fraction of sp³-hybridized carbons (Fsp3) is 0.238. The molecule has 0 amide bonds. The molecule has 0 fully saturated rings. The Hall–Kier alpha value is -2.16. The average Bonchev–Trinajstić information content (AvgIpc) is 3.14. The van der Waals surface area contributed by atoms with Crippen LogP contribution in [0.3, 0.4) is 0 Å². The second-order valence-electron chi connectivity index (χ2n) is 7.02. The summed E-state index contributed by atoms with van der Waals surface area (Å²) in [6, 6.07) is 14.0. The second-order valence-corrected chi connectivity index (χ2v) is 12.6. The number of halogens is 1. The standard InChI is InChI=1S/C21H21BrO3Si/c1-26(2,3)12-9-17-13-20(25-15-16-7-5-4-6-8-16)18(14-19(17)22)21-23-10-11-24-21/h4-8,10-11,13-14,21H,15H2,1-3H3. The van der Waals surface area contributed by atoms with Crippen LogP contribution in [0.5, 0.6) is 5.75 Å². The molecule has 1 aliphatic heterocycles. The zero-order valence-electron chi connectivity index (χ0n) is 15.1. The quantitative estimate of drug-likeness (QED) is 0.456. The van der Waals surface area contributed by atoms with Gasteiger partial charge in [0.05, 0.1) is 5.56 Å². The Labute approximate surface area is 164 Å². The minimum Gasteiger partial charge on any atom is -0.488 e. The molecule has 2 aromatic rings. The minimum atomic E-state index is -1.47. The lowest BCUT2D eigenvalue weighted by atomic mass is 10.1. The van der Waals surface area contributed by atoms with Crippen LogP contribution in [0.2, 0.25) is 19.6 Å². The highest BCUT2D eigenvalue weighted by atomic mass is 79.9. The zero-order valence-corrected chi connectivity index (χ0v) is 17.7. The molecule has 3 rings (SSSR count). The molecule has 0 radical (unpaired) electrons. The molecule has 0 bridgehead atoms. The van der Waals surface area contributed by atoms with Crippen molar-refractivity contribution in [1.82, 2.24) is 0 Å². The Bertz CT molecular complexity index is 853. The largest absolute Gasteiger partial charge is 0.488 e. The van der Waals surface area contributed by atoms with Gasteiger partial charge in [0.2, 0.25) is 0 Å². The lowest BCUT2D eigenvalue weighted by Gasteiger charge is -2.17. The van der Waals surface area contributed by atoms with Gasteiger partial charge in [-0.1, -0.05) is 55.9 Å². The maximum absolute atomic E-state index is 6.10. The Kier molecular flexibility index (Phi) is 5.75. The van der Waals surface area contributed by atoms with Crippen molar-refractivity contribution < 1.29 is 14.2 Å². The van der Waals surface area contributed by atoms with Gasteiger partial charge in [0.15, 0.2) is 0 Å². The smallest absolute Gasteiger partial charge is 0.269 e. The monoisotopic (exact) mass is 428 g/mol. The number of benzene rings is 2. The molecule has 0 aromatic heterocycles. The molecule has 1 heterocycles. The van der Waals surface area contributed by atoms with Gasteiger partial charge in [-0.05, 0) is 33.6 Å². The normalized spacial score (nSPS) is 13.5. The van der Waals surface area contributed by atoms with Crippen LogP contribution >= 0.6 is 15.9 Å². The lowest BCUT2D eigenvalue weighted by molar-refractivity contribution is -0.0266. The van der Waals surface area contributed by atoms with Crippen LogP contribution in [0.25, 0.3) is 0 Å². The molecule has 0 atom stereocenters. The van der Waals surface area contributed by atoms with E-state index in [2.05, 4.69) is 47.0 Å². The van der Waals surface area contributed by atoms with E-state index in [0.717, 1.165) is 21.2 Å². The van der Waals surface area contributed by atoms with Gasteiger partial charge >= 0.3 is 0 Å². The molecular formula is C21H21BrO3Si. The molecule has 134 valence electrons. The third kappa shape index (κ3) is 4.93. The Morgan fingerprint density at radius 3 is 2.42 bits per heavy atom. The van der Waals surface area contributed by atoms with Crippen LogP contribution in [0.4, 0.5) is 0 Å². The third-order valence-electron chi connectivity index (χ3n) is 3.62. The van der Waals surface area contributed by atoms with E-state index < -0.39 is 14.4 Å². The van der Waals surface area contributed by atoms with Gasteiger partial charge in [-0.25, -0.2) is 0 Å². The second kappa shape index (κ2) is 8.03. The van der Waals surface area contributed by atoms with E-state index in [4.69, 9.17) is 14.2 Å². The van der Waals surface area contributed by atoms with Crippen molar-refractivity contribution in [2.75, 3.05) is 0 Å². The molecule has 2 aromatic carbocycles. The molecule has 3 nitrogen and oxygen atoms in total. The van der Waals surface area contributed by atoms with Crippen LogP contribution in [-0.2, 0) is 16.1 Å². The van der Waals surface area contributed by atoms with Crippen LogP contribution < -0.4 is 4.74 Å². The van der Waals surface area contributed by atoms with Gasteiger partial charge < -0.3 is 14.2 Å². The summed E-state index contributed by atoms with van der Waals surface area (Å²) in [5, 5.41) is 0. The summed E-state index contributed by atoms with van der Waals surface area (Å²) in [5.74, 6) is 4.01. The molecule has 26 heavy (non-hydrogen) atoms. The molecule has 1 aliphatic rings. The van der Waals surface area contributed by atoms with Crippen molar-refractivity contribution in [3.05, 3.63) is 76.2 Å². The van der Waals surface area contributed by atoms with Gasteiger partial charge in [-0.2, -0.15) is 0 Å². The number of ether oxygens (including phenoxy) is 3. The Morgan fingerprint density at radius 1 is 1.08 bits per heavy atom. The van der Waals surface area contributed by atoms with E-state index >= 15 is 0 Å². The predicted molar refractivity (Wildman–Crippen MR) is 109 cm³/mol. The molecule has 0 unspecified atom stereocenters. The van der Waals surface area contributed by atoms with Gasteiger partial charge in [-0.15, -0.1) is 5.54 Å². The van der Waals surface area contributed by atoms with E-state index in [1.807, 2.05) is 42.5 Å². The van der Waals surface area contributed by atoms with Gasteiger partial charge in [-0.3, -0.25) is 0 Å². The van der Waals surface area contributed by atoms with Crippen molar-refractivity contribution in [3.63, 3.8) is 0 Å². The summed E-state index contributed by atoms with van der Waals surface area (Å²) >= 11 is 3.62. The highest BCUT2D eigenvalue weighted by Gasteiger charge is 2.22. The summed E-state index contributed by atoms with van der Waals surface area (Å²) in [4.78, 5) is 0. The van der Waals surface area contributed by atoms with E-state index in [1.165, 1.54) is 0 Å². The molecular weight excluding hydrogens is 408 g/mol. The first kappa shape index (κ1) is 18.6. The highest BCUT2D eigenvalue weighted by Crippen LogP contribution is 2.36. The van der Waals surface area contributed by atoms with Gasteiger partial charge in [0.1, 0.15) is 33.0 Å². The Balaban J connectivity index is 1.92. The fourth-order valence-electron chi connectivity index (χ4n) is 2.35. The van der Waals surface area contributed by atoms with E-state index in [1.54, 1.807) is 12.5 Å². The minimum absolute atomic E-state index is 0.469. The number of hydrogen-bond donors (Lipinski definition) is 0. The van der Waals surface area contributed by atoms with Crippen LogP contribution in [0.15, 0.2) is 59.5 Å². The van der Waals surface area contributed by atoms with Crippen LogP contribution in [0, 0.1) is 11.5 Å². The number of hydrogen-bond acceptors (Lipinski definition) is 3. The molecule has 0 aliphatic carbocycles. The van der Waals surface area contributed by atoms with Crippen molar-refractivity contribution >= 4 is 24.0 Å². The van der Waals surface area contributed by atoms with E-state index in [-0.39, 0.29) is 0 Å². The summed E-state index contributed by atoms with van der Waals surface area (Å²) in [5.41, 5.74) is 6.23. The zero-order chi connectivity index (χ0) is 18.6. The van der Waals surface area contributed by atoms with E-state index in [9.17, 15) is 0 Å². The van der Waals surface area contributed by atoms with Crippen LogP contribution in [0.1, 0.15) is 23.0 Å². The molecule has 0 saturated carbocycles. The molecule has 5 heteroatoms. The van der Waals surface area contributed by atoms with Crippen molar-refractivity contribution in [1.29, 1.82) is 0 Å². The maximum atomic E-state index is 6.10. The SMILES string of the molecule is C[Si](C)(C)C#Cc1cc(OCc2ccccc2)c(C2OC=CO2)cc1Br. The van der Waals surface area contributed by atoms with E-state index in [0.29, 0.717) is 12.4 Å². The first-order valence-corrected chi connectivity index (χ1v) is 12.7. The van der Waals surface area contributed by atoms with Crippen LogP contribution in [-0.4, -0.2) is 8.07 Å². The highest BCUT2D eigenvalue weighted by molar-refractivity contribution is 9.10. The van der Waals surface area contributed by atoms with Crippen molar-refractivity contribution in [2.45, 2.75) is 32.5 Å². The first-order valence-electron chi connectivity index (χ1n) is 8.42. The third-order valence-corrected chi connectivity index (χ3v) is 5.15. The number of rotatable bonds is 4. The van der Waals surface area contributed by atoms with Gasteiger partial charge in [0.25, 0.3) is 6.29 Å². The van der Waals surface area contributed by atoms with Gasteiger partial charge in [0, 0.05) is 10.0 Å². The summed E-state index contributed by atoms with van der Waals surface area (Å²) in [6.45, 7) is 7.14. The topological polar surface area (TPSA) is 27.7 Å². The summed E-state index contributed by atoms with van der Waals surface area (Å²) < 4.78 is 18.0. The first-order chi connectivity index (χ1) is 12.4. The maximum Gasteiger partial charge on any atom is 0.269 e. The Morgan fingerprint density at radius 2 is 1.77 bits per heavy atom. The molecule has 0 saturated heterocycles. The summed E-state index contributed by atoms with van der Waals surface area (Å²) in [7, 11) is -1.47. The molecule has 0 spiro atoms. The molecule has 0 N–H and O–H groups in total.